The monoisotopic (exact) mass is 267 g/mol. The van der Waals surface area contributed by atoms with Crippen LogP contribution in [0.25, 0.3) is 11.0 Å². The zero-order valence-electron chi connectivity index (χ0n) is 9.14. The minimum atomic E-state index is 0.164. The topological polar surface area (TPSA) is 87.7 Å². The maximum atomic E-state index is 7.08. The molecule has 7 heteroatoms. The van der Waals surface area contributed by atoms with E-state index in [4.69, 9.17) is 11.1 Å². The van der Waals surface area contributed by atoms with E-state index in [0.29, 0.717) is 0 Å². The molecule has 0 atom stereocenters. The molecule has 0 aliphatic carbocycles. The third-order valence-corrected chi connectivity index (χ3v) is 3.48. The molecule has 0 spiro atoms. The number of nitrogens with two attached hydrogens (primary N) is 1. The van der Waals surface area contributed by atoms with Gasteiger partial charge in [0.25, 0.3) is 0 Å². The van der Waals surface area contributed by atoms with E-state index >= 15 is 0 Å². The van der Waals surface area contributed by atoms with Gasteiger partial charge in [-0.1, -0.05) is 23.9 Å². The summed E-state index contributed by atoms with van der Waals surface area (Å²) in [7, 11) is 0. The molecule has 0 saturated heterocycles. The van der Waals surface area contributed by atoms with Gasteiger partial charge >= 0.3 is 0 Å². The van der Waals surface area contributed by atoms with Gasteiger partial charge in [-0.15, -0.1) is 0 Å². The summed E-state index contributed by atoms with van der Waals surface area (Å²) in [6, 6.07) is 6.01. The average Bonchev–Trinajstić information content (AvgIpc) is 2.77. The Balaban J connectivity index is 1.86. The standard InChI is InChI=1S/C10H13N5S2/c11-10(12)16-5-4-13-6-7-2-1-3-8-9(7)15-17-14-8/h1-3,13H,4-6H2,(H3,11,12). The van der Waals surface area contributed by atoms with Crippen LogP contribution in [0.15, 0.2) is 18.2 Å². The predicted octanol–water partition coefficient (Wildman–Crippen LogP) is 1.41. The number of rotatable bonds is 5. The lowest BCUT2D eigenvalue weighted by molar-refractivity contribution is 0.735. The van der Waals surface area contributed by atoms with E-state index < -0.39 is 0 Å². The number of hydrogen-bond donors (Lipinski definition) is 3. The summed E-state index contributed by atoms with van der Waals surface area (Å²) in [5.74, 6) is 0.806. The third kappa shape index (κ3) is 3.39. The highest BCUT2D eigenvalue weighted by atomic mass is 32.2. The highest BCUT2D eigenvalue weighted by Gasteiger charge is 2.03. The van der Waals surface area contributed by atoms with Crippen molar-refractivity contribution in [1.82, 2.24) is 14.1 Å². The van der Waals surface area contributed by atoms with E-state index in [9.17, 15) is 0 Å². The largest absolute Gasteiger partial charge is 0.379 e. The smallest absolute Gasteiger partial charge is 0.151 e. The Labute approximate surface area is 108 Å². The molecule has 0 aliphatic rings. The second kappa shape index (κ2) is 5.95. The first-order valence-electron chi connectivity index (χ1n) is 5.15. The number of thioether (sulfide) groups is 1. The van der Waals surface area contributed by atoms with Gasteiger partial charge in [0.1, 0.15) is 11.0 Å². The predicted molar refractivity (Wildman–Crippen MR) is 73.5 cm³/mol. The average molecular weight is 267 g/mol. The highest BCUT2D eigenvalue weighted by Crippen LogP contribution is 2.15. The summed E-state index contributed by atoms with van der Waals surface area (Å²) >= 11 is 2.58. The van der Waals surface area contributed by atoms with Crippen LogP contribution in [0.4, 0.5) is 0 Å². The first kappa shape index (κ1) is 12.3. The molecule has 2 aromatic rings. The lowest BCUT2D eigenvalue weighted by Gasteiger charge is -2.04. The van der Waals surface area contributed by atoms with Crippen molar-refractivity contribution in [2.45, 2.75) is 6.54 Å². The van der Waals surface area contributed by atoms with Crippen LogP contribution in [-0.4, -0.2) is 26.2 Å². The van der Waals surface area contributed by atoms with Crippen molar-refractivity contribution in [3.05, 3.63) is 23.8 Å². The Kier molecular flexibility index (Phi) is 4.29. The zero-order valence-corrected chi connectivity index (χ0v) is 10.8. The molecule has 0 saturated carbocycles. The summed E-state index contributed by atoms with van der Waals surface area (Å²) in [5.41, 5.74) is 8.33. The second-order valence-electron chi connectivity index (χ2n) is 3.44. The maximum absolute atomic E-state index is 7.08. The lowest BCUT2D eigenvalue weighted by Crippen LogP contribution is -2.18. The zero-order chi connectivity index (χ0) is 12.1. The van der Waals surface area contributed by atoms with Crippen LogP contribution in [0.3, 0.4) is 0 Å². The maximum Gasteiger partial charge on any atom is 0.151 e. The second-order valence-corrected chi connectivity index (χ2v) is 5.10. The number of aromatic nitrogens is 2. The number of nitrogens with zero attached hydrogens (tertiary/aromatic N) is 2. The van der Waals surface area contributed by atoms with Crippen LogP contribution in [0.2, 0.25) is 0 Å². The number of nitrogens with one attached hydrogen (secondary N) is 2. The molecule has 1 heterocycles. The Bertz CT molecular complexity index is 510. The first-order chi connectivity index (χ1) is 8.27. The molecule has 90 valence electrons. The fraction of sp³-hybridized carbons (Fsp3) is 0.300. The van der Waals surface area contributed by atoms with E-state index in [1.165, 1.54) is 23.5 Å². The van der Waals surface area contributed by atoms with Gasteiger partial charge in [0.15, 0.2) is 5.17 Å². The molecular weight excluding hydrogens is 254 g/mol. The molecule has 0 bridgehead atoms. The Morgan fingerprint density at radius 1 is 1.47 bits per heavy atom. The van der Waals surface area contributed by atoms with Gasteiger partial charge in [0, 0.05) is 18.8 Å². The summed E-state index contributed by atoms with van der Waals surface area (Å²) in [6.45, 7) is 1.58. The summed E-state index contributed by atoms with van der Waals surface area (Å²) in [4.78, 5) is 0. The quantitative estimate of drug-likeness (QED) is 0.433. The van der Waals surface area contributed by atoms with Crippen molar-refractivity contribution in [3.63, 3.8) is 0 Å². The van der Waals surface area contributed by atoms with Crippen molar-refractivity contribution in [1.29, 1.82) is 5.41 Å². The molecule has 0 radical (unpaired) electrons. The molecule has 1 aromatic carbocycles. The molecule has 4 N–H and O–H groups in total. The molecule has 0 unspecified atom stereocenters. The van der Waals surface area contributed by atoms with Crippen LogP contribution >= 0.6 is 23.5 Å². The van der Waals surface area contributed by atoms with Gasteiger partial charge in [-0.3, -0.25) is 5.41 Å². The fourth-order valence-corrected chi connectivity index (χ4v) is 2.50. The number of hydrogen-bond acceptors (Lipinski definition) is 6. The molecule has 2 rings (SSSR count). The third-order valence-electron chi connectivity index (χ3n) is 2.22. The van der Waals surface area contributed by atoms with Crippen molar-refractivity contribution >= 4 is 39.7 Å². The van der Waals surface area contributed by atoms with Crippen LogP contribution < -0.4 is 11.1 Å². The summed E-state index contributed by atoms with van der Waals surface area (Å²) < 4.78 is 8.48. The van der Waals surface area contributed by atoms with Crippen molar-refractivity contribution in [3.8, 4) is 0 Å². The van der Waals surface area contributed by atoms with Gasteiger partial charge in [-0.25, -0.2) is 0 Å². The van der Waals surface area contributed by atoms with Gasteiger partial charge in [-0.05, 0) is 11.6 Å². The fourth-order valence-electron chi connectivity index (χ4n) is 1.46. The molecule has 0 fully saturated rings. The first-order valence-corrected chi connectivity index (χ1v) is 6.86. The molecular formula is C10H13N5S2. The van der Waals surface area contributed by atoms with E-state index in [-0.39, 0.29) is 5.17 Å². The van der Waals surface area contributed by atoms with Gasteiger partial charge < -0.3 is 11.1 Å². The molecule has 0 aliphatic heterocycles. The minimum Gasteiger partial charge on any atom is -0.379 e. The number of fused-ring (bicyclic) bond motifs is 1. The number of benzene rings is 1. The normalized spacial score (nSPS) is 10.8. The van der Waals surface area contributed by atoms with E-state index in [0.717, 1.165) is 35.4 Å². The van der Waals surface area contributed by atoms with E-state index in [2.05, 4.69) is 20.1 Å². The Morgan fingerprint density at radius 3 is 3.18 bits per heavy atom. The SMILES string of the molecule is N=C(N)SCCNCc1cccc2nsnc12. The van der Waals surface area contributed by atoms with Crippen LogP contribution in [-0.2, 0) is 6.54 Å². The summed E-state index contributed by atoms with van der Waals surface area (Å²) in [5, 5.41) is 10.5. The minimum absolute atomic E-state index is 0.164. The number of amidine groups is 1. The Hall–Kier alpha value is -1.18. The van der Waals surface area contributed by atoms with Crippen LogP contribution in [0.5, 0.6) is 0 Å². The molecule has 0 amide bonds. The lowest BCUT2D eigenvalue weighted by atomic mass is 10.2. The molecule has 17 heavy (non-hydrogen) atoms. The molecule has 1 aromatic heterocycles. The van der Waals surface area contributed by atoms with E-state index in [1.54, 1.807) is 0 Å². The van der Waals surface area contributed by atoms with Crippen LogP contribution in [0.1, 0.15) is 5.56 Å². The summed E-state index contributed by atoms with van der Waals surface area (Å²) in [6.07, 6.45) is 0. The van der Waals surface area contributed by atoms with Crippen LogP contribution in [0, 0.1) is 5.41 Å². The van der Waals surface area contributed by atoms with Crippen molar-refractivity contribution in [2.24, 2.45) is 5.73 Å². The van der Waals surface area contributed by atoms with Gasteiger partial charge in [0.2, 0.25) is 0 Å². The van der Waals surface area contributed by atoms with Gasteiger partial charge in [-0.2, -0.15) is 8.75 Å². The van der Waals surface area contributed by atoms with E-state index in [1.807, 2.05) is 12.1 Å². The highest BCUT2D eigenvalue weighted by molar-refractivity contribution is 8.13. The van der Waals surface area contributed by atoms with Crippen molar-refractivity contribution < 1.29 is 0 Å². The van der Waals surface area contributed by atoms with Crippen molar-refractivity contribution in [2.75, 3.05) is 12.3 Å². The Morgan fingerprint density at radius 2 is 2.35 bits per heavy atom. The van der Waals surface area contributed by atoms with Gasteiger partial charge in [0.05, 0.1) is 11.7 Å². The molecule has 5 nitrogen and oxygen atoms in total.